The predicted molar refractivity (Wildman–Crippen MR) is 119 cm³/mol. The molecule has 1 aromatic heterocycles. The summed E-state index contributed by atoms with van der Waals surface area (Å²) in [5, 5.41) is 3.89. The maximum Gasteiger partial charge on any atom is 0.252 e. The molecule has 1 N–H and O–H groups in total. The Hall–Kier alpha value is -3.18. The summed E-state index contributed by atoms with van der Waals surface area (Å²) in [5.74, 6) is 0.840. The van der Waals surface area contributed by atoms with Crippen molar-refractivity contribution >= 4 is 35.4 Å². The summed E-state index contributed by atoms with van der Waals surface area (Å²) >= 11 is 6.15. The van der Waals surface area contributed by atoms with Gasteiger partial charge in [0.1, 0.15) is 5.82 Å². The minimum Gasteiger partial charge on any atom is -0.348 e. The topological polar surface area (TPSA) is 58.1 Å². The number of halogens is 1. The van der Waals surface area contributed by atoms with Crippen LogP contribution in [0.15, 0.2) is 72.9 Å². The van der Waals surface area contributed by atoms with Gasteiger partial charge in [-0.05, 0) is 43.2 Å². The highest BCUT2D eigenvalue weighted by Gasteiger charge is 2.14. The van der Waals surface area contributed by atoms with Gasteiger partial charge >= 0.3 is 0 Å². The molecule has 5 nitrogen and oxygen atoms in total. The van der Waals surface area contributed by atoms with Gasteiger partial charge in [0.2, 0.25) is 5.95 Å². The molecule has 0 saturated heterocycles. The van der Waals surface area contributed by atoms with Crippen molar-refractivity contribution in [1.29, 1.82) is 0 Å². The van der Waals surface area contributed by atoms with Gasteiger partial charge in [0.25, 0.3) is 5.91 Å². The fourth-order valence-corrected chi connectivity index (χ4v) is 3.08. The van der Waals surface area contributed by atoms with Crippen LogP contribution in [0.2, 0.25) is 5.02 Å². The summed E-state index contributed by atoms with van der Waals surface area (Å²) in [6.45, 7) is 4.43. The first kappa shape index (κ1) is 20.6. The van der Waals surface area contributed by atoms with Gasteiger partial charge in [-0.15, -0.1) is 0 Å². The molecule has 0 bridgehead atoms. The lowest BCUT2D eigenvalue weighted by Gasteiger charge is -2.20. The molecule has 3 aromatic rings. The average Bonchev–Trinajstić information content (AvgIpc) is 2.74. The lowest BCUT2D eigenvalue weighted by Crippen LogP contribution is -2.30. The number of hydrogen-bond acceptors (Lipinski definition) is 4. The molecule has 0 aliphatic carbocycles. The maximum atomic E-state index is 12.7. The van der Waals surface area contributed by atoms with Crippen LogP contribution < -0.4 is 10.2 Å². The van der Waals surface area contributed by atoms with Gasteiger partial charge in [0.15, 0.2) is 0 Å². The maximum absolute atomic E-state index is 12.7. The second-order valence-electron chi connectivity index (χ2n) is 6.45. The van der Waals surface area contributed by atoms with Gasteiger partial charge < -0.3 is 5.32 Å². The molecule has 6 heteroatoms. The highest BCUT2D eigenvalue weighted by Crippen LogP contribution is 2.20. The second-order valence-corrected chi connectivity index (χ2v) is 6.86. The number of aromatic nitrogens is 2. The monoisotopic (exact) mass is 406 g/mol. The number of benzene rings is 2. The summed E-state index contributed by atoms with van der Waals surface area (Å²) in [5.41, 5.74) is 1.92. The fraction of sp³-hybridized carbons (Fsp3) is 0.174. The summed E-state index contributed by atoms with van der Waals surface area (Å²) in [7, 11) is 0. The van der Waals surface area contributed by atoms with Crippen LogP contribution in [0, 0.1) is 0 Å². The van der Waals surface area contributed by atoms with E-state index < -0.39 is 0 Å². The predicted octanol–water partition coefficient (Wildman–Crippen LogP) is 5.37. The Morgan fingerprint density at radius 1 is 1.14 bits per heavy atom. The van der Waals surface area contributed by atoms with E-state index in [4.69, 9.17) is 11.6 Å². The van der Waals surface area contributed by atoms with Crippen LogP contribution in [0.4, 0.5) is 11.8 Å². The van der Waals surface area contributed by atoms with Crippen LogP contribution in [0.5, 0.6) is 0 Å². The minimum atomic E-state index is -0.173. The summed E-state index contributed by atoms with van der Waals surface area (Å²) in [6.07, 6.45) is 4.87. The largest absolute Gasteiger partial charge is 0.348 e. The van der Waals surface area contributed by atoms with Gasteiger partial charge in [0.05, 0.1) is 6.04 Å². The summed E-state index contributed by atoms with van der Waals surface area (Å²) in [6, 6.07) is 19.2. The van der Waals surface area contributed by atoms with Gasteiger partial charge in [0, 0.05) is 23.8 Å². The van der Waals surface area contributed by atoms with E-state index in [1.54, 1.807) is 29.3 Å². The first-order chi connectivity index (χ1) is 14.1. The average molecular weight is 407 g/mol. The van der Waals surface area contributed by atoms with E-state index in [1.807, 2.05) is 62.4 Å². The van der Waals surface area contributed by atoms with Gasteiger partial charge in [-0.2, -0.15) is 4.98 Å². The van der Waals surface area contributed by atoms with E-state index in [9.17, 15) is 4.79 Å². The molecular formula is C23H23ClN4O. The highest BCUT2D eigenvalue weighted by molar-refractivity contribution is 6.32. The molecule has 0 saturated carbocycles. The molecule has 1 atom stereocenters. The number of carbonyl (C=O) groups excluding carboxylic acids is 1. The van der Waals surface area contributed by atoms with Gasteiger partial charge in [-0.1, -0.05) is 60.1 Å². The number of carbonyl (C=O) groups is 1. The quantitative estimate of drug-likeness (QED) is 0.536. The number of amides is 1. The van der Waals surface area contributed by atoms with Crippen LogP contribution in [-0.4, -0.2) is 22.4 Å². The van der Waals surface area contributed by atoms with Crippen molar-refractivity contribution in [2.75, 3.05) is 16.8 Å². The van der Waals surface area contributed by atoms with Crippen LogP contribution in [0.1, 0.15) is 31.0 Å². The van der Waals surface area contributed by atoms with Crippen molar-refractivity contribution in [3.8, 4) is 0 Å². The Balaban J connectivity index is 1.75. The van der Waals surface area contributed by atoms with Crippen molar-refractivity contribution in [2.45, 2.75) is 19.9 Å². The van der Waals surface area contributed by atoms with Crippen molar-refractivity contribution in [2.24, 2.45) is 0 Å². The first-order valence-corrected chi connectivity index (χ1v) is 9.85. The Kier molecular flexibility index (Phi) is 6.98. The number of anilines is 2. The zero-order valence-corrected chi connectivity index (χ0v) is 17.2. The van der Waals surface area contributed by atoms with E-state index in [1.165, 1.54) is 6.08 Å². The van der Waals surface area contributed by atoms with Crippen molar-refractivity contribution < 1.29 is 4.79 Å². The molecule has 0 fully saturated rings. The van der Waals surface area contributed by atoms with E-state index in [-0.39, 0.29) is 11.9 Å². The second kappa shape index (κ2) is 9.85. The van der Waals surface area contributed by atoms with Crippen LogP contribution in [-0.2, 0) is 4.79 Å². The molecule has 3 rings (SSSR count). The van der Waals surface area contributed by atoms with Crippen molar-refractivity contribution in [3.05, 3.63) is 89.1 Å². The Bertz CT molecular complexity index is 991. The molecule has 1 amide bonds. The number of nitrogens with one attached hydrogen (secondary N) is 1. The number of rotatable bonds is 7. The molecule has 0 spiro atoms. The molecule has 1 heterocycles. The Morgan fingerprint density at radius 2 is 1.86 bits per heavy atom. The smallest absolute Gasteiger partial charge is 0.252 e. The summed E-state index contributed by atoms with van der Waals surface area (Å²) in [4.78, 5) is 23.1. The third-order valence-corrected chi connectivity index (χ3v) is 4.80. The molecule has 148 valence electrons. The number of nitrogens with zero attached hydrogens (tertiary/aromatic N) is 3. The van der Waals surface area contributed by atoms with Crippen LogP contribution in [0.25, 0.3) is 6.08 Å². The van der Waals surface area contributed by atoms with E-state index in [2.05, 4.69) is 15.3 Å². The molecule has 0 unspecified atom stereocenters. The third-order valence-electron chi connectivity index (χ3n) is 4.46. The first-order valence-electron chi connectivity index (χ1n) is 9.47. The van der Waals surface area contributed by atoms with Crippen molar-refractivity contribution in [3.63, 3.8) is 0 Å². The van der Waals surface area contributed by atoms with Gasteiger partial charge in [-0.3, -0.25) is 9.69 Å². The molecule has 0 radical (unpaired) electrons. The van der Waals surface area contributed by atoms with Crippen LogP contribution in [0.3, 0.4) is 0 Å². The molecule has 29 heavy (non-hydrogen) atoms. The molecular weight excluding hydrogens is 384 g/mol. The van der Waals surface area contributed by atoms with Crippen molar-refractivity contribution in [1.82, 2.24) is 9.97 Å². The minimum absolute atomic E-state index is 0.0392. The molecule has 2 aromatic carbocycles. The van der Waals surface area contributed by atoms with E-state index in [0.717, 1.165) is 11.1 Å². The zero-order valence-electron chi connectivity index (χ0n) is 16.4. The highest BCUT2D eigenvalue weighted by atomic mass is 35.5. The van der Waals surface area contributed by atoms with Crippen LogP contribution >= 0.6 is 11.6 Å². The molecule has 0 aliphatic heterocycles. The van der Waals surface area contributed by atoms with E-state index in [0.29, 0.717) is 23.3 Å². The van der Waals surface area contributed by atoms with Gasteiger partial charge in [-0.25, -0.2) is 4.98 Å². The normalized spacial score (nSPS) is 12.0. The molecule has 0 aliphatic rings. The number of likely N-dealkylation sites (N-methyl/N-ethyl adjacent to an activating group) is 1. The lowest BCUT2D eigenvalue weighted by molar-refractivity contribution is -0.114. The summed E-state index contributed by atoms with van der Waals surface area (Å²) < 4.78 is 0. The third kappa shape index (κ3) is 5.42. The zero-order chi connectivity index (χ0) is 20.6. The SMILES string of the molecule is CCN(C(=O)/C=C/c1ccccc1Cl)c1ccnc(N[C@H](C)c2ccccc2)n1. The number of hydrogen-bond donors (Lipinski definition) is 1. The lowest BCUT2D eigenvalue weighted by atomic mass is 10.1. The Labute approximate surface area is 176 Å². The van der Waals surface area contributed by atoms with E-state index >= 15 is 0 Å². The standard InChI is InChI=1S/C23H23ClN4O/c1-3-28(22(29)14-13-19-11-7-8-12-20(19)24)21-15-16-25-23(27-21)26-17(2)18-9-5-4-6-10-18/h4-17H,3H2,1-2H3,(H,25,26,27)/b14-13+/t17-/m1/s1. The fourth-order valence-electron chi connectivity index (χ4n) is 2.88. The Morgan fingerprint density at radius 3 is 2.59 bits per heavy atom.